The van der Waals surface area contributed by atoms with Crippen LogP contribution in [-0.2, 0) is 6.42 Å². The number of nitrogens with one attached hydrogen (secondary N) is 1. The maximum absolute atomic E-state index is 15.4. The van der Waals surface area contributed by atoms with Crippen LogP contribution in [-0.4, -0.2) is 66.7 Å². The highest BCUT2D eigenvalue weighted by Gasteiger charge is 2.40. The van der Waals surface area contributed by atoms with E-state index in [4.69, 9.17) is 4.74 Å². The Bertz CT molecular complexity index is 1220. The molecule has 2 aliphatic heterocycles. The Hall–Kier alpha value is -2.72. The monoisotopic (exact) mass is 511 g/mol. The number of benzene rings is 2. The zero-order chi connectivity index (χ0) is 25.6. The van der Waals surface area contributed by atoms with Gasteiger partial charge < -0.3 is 9.72 Å². The fourth-order valence-corrected chi connectivity index (χ4v) is 5.44. The van der Waals surface area contributed by atoms with Gasteiger partial charge in [0.2, 0.25) is 0 Å². The second-order valence-electron chi connectivity index (χ2n) is 9.68. The lowest BCUT2D eigenvalue weighted by Crippen LogP contribution is -2.49. The molecule has 5 rings (SSSR count). The van der Waals surface area contributed by atoms with Crippen LogP contribution in [0.25, 0.3) is 10.9 Å². The second kappa shape index (κ2) is 9.97. The van der Waals surface area contributed by atoms with Gasteiger partial charge in [0.25, 0.3) is 6.43 Å². The highest BCUT2D eigenvalue weighted by atomic mass is 19.3. The van der Waals surface area contributed by atoms with Crippen LogP contribution in [0.2, 0.25) is 0 Å². The Kier molecular flexibility index (Phi) is 6.91. The predicted molar refractivity (Wildman–Crippen MR) is 124 cm³/mol. The summed E-state index contributed by atoms with van der Waals surface area (Å²) in [5.74, 6) is -2.28. The zero-order valence-corrected chi connectivity index (χ0v) is 19.7. The lowest BCUT2D eigenvalue weighted by atomic mass is 9.88. The standard InChI is InChI=1S/C26H27F6N3O/c1-14-6-19-18-7-16(28)2-3-22(18)33-25(19)26(35(14)13-23(31)32)24-20(29)8-17(9-21(24)30)36-5-4-34-11-15(10-27)12-34/h2-3,7-9,14-15,23,26,33H,4-6,10-13H2,1H3/t14-,26-/m0/s1. The first-order valence-corrected chi connectivity index (χ1v) is 12.0. The van der Waals surface area contributed by atoms with Gasteiger partial charge in [0.15, 0.2) is 0 Å². The van der Waals surface area contributed by atoms with Crippen LogP contribution in [0.5, 0.6) is 5.75 Å². The first-order valence-electron chi connectivity index (χ1n) is 12.0. The summed E-state index contributed by atoms with van der Waals surface area (Å²) < 4.78 is 90.0. The second-order valence-corrected chi connectivity index (χ2v) is 9.68. The number of H-pyrrole nitrogens is 1. The Morgan fingerprint density at radius 3 is 2.47 bits per heavy atom. The average molecular weight is 512 g/mol. The third-order valence-electron chi connectivity index (χ3n) is 7.17. The molecule has 194 valence electrons. The van der Waals surface area contributed by atoms with Gasteiger partial charge in [-0.3, -0.25) is 14.2 Å². The molecule has 2 aromatic carbocycles. The van der Waals surface area contributed by atoms with Gasteiger partial charge in [-0.2, -0.15) is 0 Å². The van der Waals surface area contributed by atoms with Crippen molar-refractivity contribution < 1.29 is 31.1 Å². The fourth-order valence-electron chi connectivity index (χ4n) is 5.44. The van der Waals surface area contributed by atoms with Crippen LogP contribution < -0.4 is 4.74 Å². The molecule has 0 aliphatic carbocycles. The van der Waals surface area contributed by atoms with Crippen LogP contribution in [0, 0.1) is 23.4 Å². The van der Waals surface area contributed by atoms with Crippen molar-refractivity contribution in [3.8, 4) is 5.75 Å². The molecule has 2 aliphatic rings. The quantitative estimate of drug-likeness (QED) is 0.408. The summed E-state index contributed by atoms with van der Waals surface area (Å²) in [6, 6.07) is 4.63. The molecule has 1 fully saturated rings. The van der Waals surface area contributed by atoms with Gasteiger partial charge in [-0.1, -0.05) is 0 Å². The molecule has 1 N–H and O–H groups in total. The van der Waals surface area contributed by atoms with Gasteiger partial charge in [0.1, 0.15) is 29.8 Å². The van der Waals surface area contributed by atoms with E-state index in [0.717, 1.165) is 12.1 Å². The SMILES string of the molecule is C[C@H]1Cc2c([nH]c3ccc(F)cc23)[C@H](c2c(F)cc(OCCN3CC(CF)C3)cc2F)N1CC(F)F. The summed E-state index contributed by atoms with van der Waals surface area (Å²) >= 11 is 0. The smallest absolute Gasteiger partial charge is 0.251 e. The van der Waals surface area contributed by atoms with Crippen molar-refractivity contribution >= 4 is 10.9 Å². The number of ether oxygens (including phenoxy) is 1. The fraction of sp³-hybridized carbons (Fsp3) is 0.462. The molecular weight excluding hydrogens is 484 g/mol. The first-order chi connectivity index (χ1) is 17.2. The molecule has 0 radical (unpaired) electrons. The van der Waals surface area contributed by atoms with Gasteiger partial charge in [0, 0.05) is 65.9 Å². The number of hydrogen-bond acceptors (Lipinski definition) is 3. The van der Waals surface area contributed by atoms with E-state index in [1.54, 1.807) is 6.92 Å². The van der Waals surface area contributed by atoms with Crippen LogP contribution in [0.4, 0.5) is 26.3 Å². The minimum absolute atomic E-state index is 0.0143. The molecule has 3 heterocycles. The zero-order valence-electron chi connectivity index (χ0n) is 19.7. The van der Waals surface area contributed by atoms with E-state index in [0.29, 0.717) is 48.2 Å². The lowest BCUT2D eigenvalue weighted by Gasteiger charge is -2.41. The molecule has 0 saturated carbocycles. The van der Waals surface area contributed by atoms with Gasteiger partial charge in [0.05, 0.1) is 19.3 Å². The van der Waals surface area contributed by atoms with Crippen molar-refractivity contribution in [2.45, 2.75) is 31.9 Å². The van der Waals surface area contributed by atoms with E-state index in [2.05, 4.69) is 4.98 Å². The third kappa shape index (κ3) is 4.68. The van der Waals surface area contributed by atoms with E-state index in [9.17, 15) is 17.6 Å². The van der Waals surface area contributed by atoms with Crippen LogP contribution >= 0.6 is 0 Å². The average Bonchev–Trinajstić information content (AvgIpc) is 3.13. The predicted octanol–water partition coefficient (Wildman–Crippen LogP) is 5.47. The molecule has 1 saturated heterocycles. The number of rotatable bonds is 8. The summed E-state index contributed by atoms with van der Waals surface area (Å²) in [7, 11) is 0. The number of alkyl halides is 3. The number of aromatic amines is 1. The lowest BCUT2D eigenvalue weighted by molar-refractivity contribution is 0.0437. The van der Waals surface area contributed by atoms with Crippen molar-refractivity contribution in [2.75, 3.05) is 39.5 Å². The number of nitrogens with zero attached hydrogens (tertiary/aromatic N) is 2. The van der Waals surface area contributed by atoms with E-state index < -0.39 is 42.5 Å². The van der Waals surface area contributed by atoms with Crippen molar-refractivity contribution in [3.63, 3.8) is 0 Å². The van der Waals surface area contributed by atoms with E-state index in [1.165, 1.54) is 23.1 Å². The number of likely N-dealkylation sites (tertiary alicyclic amines) is 1. The van der Waals surface area contributed by atoms with Crippen molar-refractivity contribution in [1.82, 2.24) is 14.8 Å². The van der Waals surface area contributed by atoms with Gasteiger partial charge in [-0.15, -0.1) is 0 Å². The highest BCUT2D eigenvalue weighted by Crippen LogP contribution is 2.43. The largest absolute Gasteiger partial charge is 0.492 e. The maximum Gasteiger partial charge on any atom is 0.251 e. The normalized spacial score (nSPS) is 21.2. The molecular formula is C26H27F6N3O. The summed E-state index contributed by atoms with van der Waals surface area (Å²) in [6.45, 7) is 2.58. The Morgan fingerprint density at radius 1 is 1.08 bits per heavy atom. The molecule has 0 unspecified atom stereocenters. The minimum atomic E-state index is -2.72. The molecule has 10 heteroatoms. The minimum Gasteiger partial charge on any atom is -0.492 e. The molecule has 2 atom stereocenters. The van der Waals surface area contributed by atoms with Gasteiger partial charge >= 0.3 is 0 Å². The van der Waals surface area contributed by atoms with E-state index >= 15 is 8.78 Å². The first kappa shape index (κ1) is 25.0. The Morgan fingerprint density at radius 2 is 1.81 bits per heavy atom. The van der Waals surface area contributed by atoms with Crippen LogP contribution in [0.1, 0.15) is 29.8 Å². The summed E-state index contributed by atoms with van der Waals surface area (Å²) in [6.07, 6.45) is -2.39. The number of aromatic nitrogens is 1. The van der Waals surface area contributed by atoms with E-state index in [-0.39, 0.29) is 30.5 Å². The van der Waals surface area contributed by atoms with Crippen molar-refractivity contribution in [3.05, 3.63) is 64.6 Å². The summed E-state index contributed by atoms with van der Waals surface area (Å²) in [5.41, 5.74) is 1.24. The van der Waals surface area contributed by atoms with Crippen LogP contribution in [0.3, 0.4) is 0 Å². The third-order valence-corrected chi connectivity index (χ3v) is 7.17. The molecule has 0 bridgehead atoms. The molecule has 4 nitrogen and oxygen atoms in total. The topological polar surface area (TPSA) is 31.5 Å². The molecule has 0 amide bonds. The molecule has 3 aromatic rings. The van der Waals surface area contributed by atoms with Crippen molar-refractivity contribution in [2.24, 2.45) is 5.92 Å². The molecule has 36 heavy (non-hydrogen) atoms. The number of fused-ring (bicyclic) bond motifs is 3. The van der Waals surface area contributed by atoms with E-state index in [1.807, 2.05) is 4.90 Å². The molecule has 0 spiro atoms. The van der Waals surface area contributed by atoms with Gasteiger partial charge in [-0.25, -0.2) is 22.0 Å². The summed E-state index contributed by atoms with van der Waals surface area (Å²) in [5, 5.41) is 0.570. The molecule has 1 aromatic heterocycles. The Balaban J connectivity index is 1.47. The maximum atomic E-state index is 15.4. The van der Waals surface area contributed by atoms with Crippen molar-refractivity contribution in [1.29, 1.82) is 0 Å². The summed E-state index contributed by atoms with van der Waals surface area (Å²) in [4.78, 5) is 6.47. The Labute approximate surface area is 204 Å². The number of hydrogen-bond donors (Lipinski definition) is 1. The van der Waals surface area contributed by atoms with Crippen LogP contribution in [0.15, 0.2) is 30.3 Å². The highest BCUT2D eigenvalue weighted by molar-refractivity contribution is 5.85. The number of halogens is 6. The van der Waals surface area contributed by atoms with Gasteiger partial charge in [-0.05, 0) is 37.1 Å².